The summed E-state index contributed by atoms with van der Waals surface area (Å²) in [4.78, 5) is 15.3. The van der Waals surface area contributed by atoms with Gasteiger partial charge in [0.2, 0.25) is 0 Å². The molecule has 1 aromatic carbocycles. The predicted molar refractivity (Wildman–Crippen MR) is 84.1 cm³/mol. The molecule has 1 heterocycles. The summed E-state index contributed by atoms with van der Waals surface area (Å²) >= 11 is 3.16. The summed E-state index contributed by atoms with van der Waals surface area (Å²) < 4.78 is 33.2. The average molecular weight is 377 g/mol. The topological polar surface area (TPSA) is 32.8 Å². The van der Waals surface area contributed by atoms with E-state index in [1.807, 2.05) is 0 Å². The van der Waals surface area contributed by atoms with Crippen LogP contribution in [0.1, 0.15) is 20.8 Å². The Balaban J connectivity index is 2.02. The molecule has 0 atom stereocenters. The third kappa shape index (κ3) is 4.09. The van der Waals surface area contributed by atoms with E-state index in [0.717, 1.165) is 6.07 Å². The fraction of sp³-hybridized carbons (Fsp3) is 0.533. The van der Waals surface area contributed by atoms with Gasteiger partial charge in [-0.25, -0.2) is 13.6 Å². The third-order valence-electron chi connectivity index (χ3n) is 3.25. The highest BCUT2D eigenvalue weighted by atomic mass is 79.9. The first-order valence-corrected chi connectivity index (χ1v) is 7.84. The molecular weight excluding hydrogens is 358 g/mol. The molecule has 1 fully saturated rings. The van der Waals surface area contributed by atoms with Crippen molar-refractivity contribution in [2.45, 2.75) is 26.4 Å². The van der Waals surface area contributed by atoms with E-state index in [-0.39, 0.29) is 11.8 Å². The van der Waals surface area contributed by atoms with Crippen molar-refractivity contribution < 1.29 is 18.3 Å². The second-order valence-electron chi connectivity index (χ2n) is 6.18. The fourth-order valence-electron chi connectivity index (χ4n) is 2.23. The zero-order chi connectivity index (χ0) is 16.5. The second kappa shape index (κ2) is 6.40. The van der Waals surface area contributed by atoms with Gasteiger partial charge in [-0.2, -0.15) is 0 Å². The number of carbonyl (C=O) groups is 1. The molecule has 1 aliphatic rings. The smallest absolute Gasteiger partial charge is 0.410 e. The van der Waals surface area contributed by atoms with Crippen molar-refractivity contribution in [3.63, 3.8) is 0 Å². The maximum atomic E-state index is 13.9. The molecule has 0 spiro atoms. The number of anilines is 1. The molecule has 0 saturated carbocycles. The van der Waals surface area contributed by atoms with E-state index in [2.05, 4.69) is 15.9 Å². The number of hydrogen-bond donors (Lipinski definition) is 0. The van der Waals surface area contributed by atoms with E-state index in [9.17, 15) is 13.6 Å². The fourth-order valence-corrected chi connectivity index (χ4v) is 2.65. The SMILES string of the molecule is CC(C)(C)OC(=O)N1CCN(c2cc(Br)cc(F)c2F)CC1. The number of halogens is 3. The van der Waals surface area contributed by atoms with Crippen molar-refractivity contribution in [1.29, 1.82) is 0 Å². The molecule has 1 aliphatic heterocycles. The molecule has 1 aromatic rings. The minimum Gasteiger partial charge on any atom is -0.444 e. The normalized spacial score (nSPS) is 15.9. The Kier molecular flexibility index (Phi) is 4.94. The van der Waals surface area contributed by atoms with Crippen LogP contribution in [0.25, 0.3) is 0 Å². The molecule has 0 aliphatic carbocycles. The van der Waals surface area contributed by atoms with Crippen LogP contribution in [0.5, 0.6) is 0 Å². The summed E-state index contributed by atoms with van der Waals surface area (Å²) in [5.41, 5.74) is -0.344. The molecule has 1 saturated heterocycles. The van der Waals surface area contributed by atoms with Gasteiger partial charge >= 0.3 is 6.09 Å². The lowest BCUT2D eigenvalue weighted by molar-refractivity contribution is 0.0240. The highest BCUT2D eigenvalue weighted by Crippen LogP contribution is 2.27. The number of piperazine rings is 1. The summed E-state index contributed by atoms with van der Waals surface area (Å²) in [6.07, 6.45) is -0.381. The number of amides is 1. The molecule has 7 heteroatoms. The Morgan fingerprint density at radius 1 is 1.18 bits per heavy atom. The van der Waals surface area contributed by atoms with Gasteiger partial charge in [-0.3, -0.25) is 0 Å². The number of ether oxygens (including phenoxy) is 1. The molecule has 122 valence electrons. The van der Waals surface area contributed by atoms with Crippen molar-refractivity contribution in [2.24, 2.45) is 0 Å². The average Bonchev–Trinajstić information content (AvgIpc) is 2.41. The molecule has 1 amide bonds. The number of hydrogen-bond acceptors (Lipinski definition) is 3. The molecule has 0 aromatic heterocycles. The molecule has 0 unspecified atom stereocenters. The maximum Gasteiger partial charge on any atom is 0.410 e. The van der Waals surface area contributed by atoms with Crippen LogP contribution in [0, 0.1) is 11.6 Å². The van der Waals surface area contributed by atoms with Crippen LogP contribution in [-0.2, 0) is 4.74 Å². The van der Waals surface area contributed by atoms with E-state index in [1.54, 1.807) is 36.6 Å². The first kappa shape index (κ1) is 17.0. The number of benzene rings is 1. The summed E-state index contributed by atoms with van der Waals surface area (Å²) in [6.45, 7) is 7.07. The number of rotatable bonds is 1. The zero-order valence-electron chi connectivity index (χ0n) is 12.8. The van der Waals surface area contributed by atoms with Crippen LogP contribution < -0.4 is 4.90 Å². The van der Waals surface area contributed by atoms with E-state index in [1.165, 1.54) is 0 Å². The van der Waals surface area contributed by atoms with E-state index in [0.29, 0.717) is 30.7 Å². The van der Waals surface area contributed by atoms with Crippen molar-refractivity contribution in [1.82, 2.24) is 4.90 Å². The zero-order valence-corrected chi connectivity index (χ0v) is 14.4. The summed E-state index contributed by atoms with van der Waals surface area (Å²) in [6, 6.07) is 2.64. The monoisotopic (exact) mass is 376 g/mol. The minimum atomic E-state index is -0.890. The Morgan fingerprint density at radius 2 is 1.77 bits per heavy atom. The Labute approximate surface area is 137 Å². The molecule has 0 N–H and O–H groups in total. The Bertz CT molecular complexity index is 567. The van der Waals surface area contributed by atoms with E-state index in [4.69, 9.17) is 4.74 Å². The first-order valence-electron chi connectivity index (χ1n) is 7.05. The molecular formula is C15H19BrF2N2O2. The van der Waals surface area contributed by atoms with Gasteiger partial charge in [0.25, 0.3) is 0 Å². The van der Waals surface area contributed by atoms with Crippen LogP contribution >= 0.6 is 15.9 Å². The molecule has 0 radical (unpaired) electrons. The van der Waals surface area contributed by atoms with Gasteiger partial charge in [0.15, 0.2) is 11.6 Å². The van der Waals surface area contributed by atoms with Crippen LogP contribution in [-0.4, -0.2) is 42.8 Å². The third-order valence-corrected chi connectivity index (χ3v) is 3.70. The van der Waals surface area contributed by atoms with Crippen molar-refractivity contribution in [3.8, 4) is 0 Å². The second-order valence-corrected chi connectivity index (χ2v) is 7.09. The Hall–Kier alpha value is -1.37. The van der Waals surface area contributed by atoms with Gasteiger partial charge in [-0.05, 0) is 32.9 Å². The largest absolute Gasteiger partial charge is 0.444 e. The molecule has 2 rings (SSSR count). The van der Waals surface area contributed by atoms with Crippen LogP contribution in [0.15, 0.2) is 16.6 Å². The molecule has 0 bridgehead atoms. The Morgan fingerprint density at radius 3 is 2.32 bits per heavy atom. The van der Waals surface area contributed by atoms with Gasteiger partial charge in [0.05, 0.1) is 5.69 Å². The van der Waals surface area contributed by atoms with Gasteiger partial charge in [-0.1, -0.05) is 15.9 Å². The van der Waals surface area contributed by atoms with Gasteiger partial charge in [0.1, 0.15) is 5.60 Å². The quantitative estimate of drug-likeness (QED) is 0.699. The number of nitrogens with zero attached hydrogens (tertiary/aromatic N) is 2. The van der Waals surface area contributed by atoms with Gasteiger partial charge in [0, 0.05) is 30.7 Å². The summed E-state index contributed by atoms with van der Waals surface area (Å²) in [5, 5.41) is 0. The summed E-state index contributed by atoms with van der Waals surface area (Å²) in [5.74, 6) is -1.76. The van der Waals surface area contributed by atoms with Gasteiger partial charge in [-0.15, -0.1) is 0 Å². The van der Waals surface area contributed by atoms with Gasteiger partial charge < -0.3 is 14.5 Å². The number of carbonyl (C=O) groups excluding carboxylic acids is 1. The summed E-state index contributed by atoms with van der Waals surface area (Å²) in [7, 11) is 0. The lowest BCUT2D eigenvalue weighted by Crippen LogP contribution is -2.50. The maximum absolute atomic E-state index is 13.9. The molecule has 4 nitrogen and oxygen atoms in total. The first-order chi connectivity index (χ1) is 10.2. The van der Waals surface area contributed by atoms with Crippen molar-refractivity contribution in [3.05, 3.63) is 28.2 Å². The van der Waals surface area contributed by atoms with Crippen LogP contribution in [0.2, 0.25) is 0 Å². The molecule has 22 heavy (non-hydrogen) atoms. The van der Waals surface area contributed by atoms with Crippen molar-refractivity contribution in [2.75, 3.05) is 31.1 Å². The standard InChI is InChI=1S/C15H19BrF2N2O2/c1-15(2,3)22-14(21)20-6-4-19(5-7-20)12-9-10(16)8-11(17)13(12)18/h8-9H,4-7H2,1-3H3. The predicted octanol–water partition coefficient (Wildman–Crippen LogP) is 3.78. The highest BCUT2D eigenvalue weighted by Gasteiger charge is 2.27. The lowest BCUT2D eigenvalue weighted by atomic mass is 10.2. The van der Waals surface area contributed by atoms with Crippen LogP contribution in [0.3, 0.4) is 0 Å². The highest BCUT2D eigenvalue weighted by molar-refractivity contribution is 9.10. The van der Waals surface area contributed by atoms with E-state index >= 15 is 0 Å². The van der Waals surface area contributed by atoms with E-state index < -0.39 is 17.2 Å². The minimum absolute atomic E-state index is 0.204. The lowest BCUT2D eigenvalue weighted by Gasteiger charge is -2.36. The van der Waals surface area contributed by atoms with Crippen LogP contribution in [0.4, 0.5) is 19.3 Å². The van der Waals surface area contributed by atoms with Crippen molar-refractivity contribution >= 4 is 27.7 Å².